The molecular weight excluding hydrogens is 599 g/mol. The van der Waals surface area contributed by atoms with Gasteiger partial charge < -0.3 is 4.74 Å². The third-order valence-electron chi connectivity index (χ3n) is 4.03. The molecule has 0 aliphatic rings. The van der Waals surface area contributed by atoms with Crippen LogP contribution in [0, 0.1) is 0 Å². The van der Waals surface area contributed by atoms with E-state index in [0.717, 1.165) is 0 Å². The number of hydrogen-bond donors (Lipinski definition) is 1. The van der Waals surface area contributed by atoms with Crippen LogP contribution >= 0.6 is 0 Å². The SMILES string of the molecule is O=S(=O)(O)c1ccc(OC(F)(F)C(F)(F)C(F)(F)C(F)(F)C(F)(F)C(F)(F)/C(F)=C(\F)C(F)(F)F)cc1. The minimum absolute atomic E-state index is 0.0741. The fourth-order valence-electron chi connectivity index (χ4n) is 2.07. The van der Waals surface area contributed by atoms with Crippen molar-refractivity contribution >= 4 is 10.1 Å². The van der Waals surface area contributed by atoms with Crippen LogP contribution < -0.4 is 4.74 Å². The molecule has 0 amide bonds. The van der Waals surface area contributed by atoms with Crippen molar-refractivity contribution in [3.05, 3.63) is 35.9 Å². The first-order chi connectivity index (χ1) is 16.0. The van der Waals surface area contributed by atoms with Gasteiger partial charge in [0.25, 0.3) is 10.1 Å². The maximum Gasteiger partial charge on any atom is 0.471 e. The number of halogens is 17. The topological polar surface area (TPSA) is 63.6 Å². The van der Waals surface area contributed by atoms with Gasteiger partial charge in [-0.05, 0) is 24.3 Å². The van der Waals surface area contributed by atoms with E-state index < -0.39 is 74.3 Å². The lowest BCUT2D eigenvalue weighted by Gasteiger charge is -2.40. The summed E-state index contributed by atoms with van der Waals surface area (Å²) in [5.74, 6) is -53.2. The van der Waals surface area contributed by atoms with E-state index in [1.165, 1.54) is 0 Å². The molecule has 0 fully saturated rings. The number of rotatable bonds is 9. The van der Waals surface area contributed by atoms with E-state index in [0.29, 0.717) is 0 Å². The predicted molar refractivity (Wildman–Crippen MR) is 81.9 cm³/mol. The van der Waals surface area contributed by atoms with Gasteiger partial charge in [-0.25, -0.2) is 4.39 Å². The molecule has 0 atom stereocenters. The number of hydrogen-bond acceptors (Lipinski definition) is 3. The van der Waals surface area contributed by atoms with E-state index in [9.17, 15) is 83.1 Å². The van der Waals surface area contributed by atoms with Crippen LogP contribution in [0.2, 0.25) is 0 Å². The summed E-state index contributed by atoms with van der Waals surface area (Å²) < 4.78 is 257. The molecule has 37 heavy (non-hydrogen) atoms. The number of ether oxygens (including phenoxy) is 1. The van der Waals surface area contributed by atoms with Gasteiger partial charge in [0.15, 0.2) is 0 Å². The van der Waals surface area contributed by atoms with E-state index in [1.54, 1.807) is 0 Å². The van der Waals surface area contributed by atoms with E-state index in [-0.39, 0.29) is 24.3 Å². The molecule has 0 radical (unpaired) electrons. The zero-order valence-electron chi connectivity index (χ0n) is 16.3. The average molecular weight is 604 g/mol. The summed E-state index contributed by atoms with van der Waals surface area (Å²) in [4.78, 5) is -1.17. The highest BCUT2D eigenvalue weighted by Gasteiger charge is 2.92. The lowest BCUT2D eigenvalue weighted by atomic mass is 9.93. The van der Waals surface area contributed by atoms with Gasteiger partial charge in [0, 0.05) is 0 Å². The second kappa shape index (κ2) is 9.05. The monoisotopic (exact) mass is 604 g/mol. The Bertz CT molecular complexity index is 1140. The minimum atomic E-state index is -8.56. The van der Waals surface area contributed by atoms with Crippen LogP contribution in [-0.2, 0) is 10.1 Å². The van der Waals surface area contributed by atoms with E-state index in [4.69, 9.17) is 4.55 Å². The molecule has 1 N–H and O–H groups in total. The van der Waals surface area contributed by atoms with Crippen LogP contribution in [0.25, 0.3) is 0 Å². The van der Waals surface area contributed by atoms with Crippen LogP contribution in [0.15, 0.2) is 40.8 Å². The van der Waals surface area contributed by atoms with E-state index in [2.05, 4.69) is 4.74 Å². The summed E-state index contributed by atoms with van der Waals surface area (Å²) in [5.41, 5.74) is 0. The second-order valence-electron chi connectivity index (χ2n) is 6.56. The lowest BCUT2D eigenvalue weighted by Crippen LogP contribution is -2.71. The first-order valence-electron chi connectivity index (χ1n) is 8.16. The molecule has 22 heteroatoms. The van der Waals surface area contributed by atoms with Gasteiger partial charge in [-0.1, -0.05) is 0 Å². The summed E-state index contributed by atoms with van der Waals surface area (Å²) in [5, 5.41) is 0. The molecular formula is C15H5F17O4S. The lowest BCUT2D eigenvalue weighted by molar-refractivity contribution is -0.444. The maximum atomic E-state index is 13.7. The Hall–Kier alpha value is -2.52. The van der Waals surface area contributed by atoms with Crippen molar-refractivity contribution in [2.45, 2.75) is 46.8 Å². The average Bonchev–Trinajstić information content (AvgIpc) is 2.70. The summed E-state index contributed by atoms with van der Waals surface area (Å²) in [6.45, 7) is 0. The summed E-state index contributed by atoms with van der Waals surface area (Å²) in [6.07, 6.45) is -14.0. The second-order valence-corrected chi connectivity index (χ2v) is 7.98. The summed E-state index contributed by atoms with van der Waals surface area (Å²) >= 11 is 0. The van der Waals surface area contributed by atoms with Crippen LogP contribution in [0.1, 0.15) is 0 Å². The molecule has 0 aliphatic heterocycles. The maximum absolute atomic E-state index is 13.7. The van der Waals surface area contributed by atoms with Gasteiger partial charge in [-0.15, -0.1) is 0 Å². The molecule has 0 aliphatic carbocycles. The smallest absolute Gasteiger partial charge is 0.428 e. The zero-order chi connectivity index (χ0) is 29.8. The Morgan fingerprint density at radius 1 is 0.622 bits per heavy atom. The third-order valence-corrected chi connectivity index (χ3v) is 4.90. The molecule has 0 saturated carbocycles. The van der Waals surface area contributed by atoms with Gasteiger partial charge in [-0.3, -0.25) is 4.55 Å². The Labute approximate surface area is 192 Å². The molecule has 4 nitrogen and oxygen atoms in total. The minimum Gasteiger partial charge on any atom is -0.428 e. The Balaban J connectivity index is 3.58. The van der Waals surface area contributed by atoms with Crippen molar-refractivity contribution < 1.29 is 92.3 Å². The molecule has 0 aromatic heterocycles. The van der Waals surface area contributed by atoms with Crippen molar-refractivity contribution in [3.8, 4) is 5.75 Å². The first-order valence-corrected chi connectivity index (χ1v) is 9.60. The largest absolute Gasteiger partial charge is 0.471 e. The standard InChI is InChI=1S/C15H5F17O4S/c16-7(8(17)10(20,21)22)9(18,19)11(23,24)12(25,26)13(27,28)14(29,30)15(31,32)36-5-1-3-6(4-2-5)37(33,34)35/h1-4H,(H,33,34,35)/b8-7+. The molecule has 0 heterocycles. The van der Waals surface area contributed by atoms with Crippen molar-refractivity contribution in [2.75, 3.05) is 0 Å². The van der Waals surface area contributed by atoms with Crippen LogP contribution in [0.4, 0.5) is 74.6 Å². The van der Waals surface area contributed by atoms with Crippen molar-refractivity contribution in [1.29, 1.82) is 0 Å². The quantitative estimate of drug-likeness (QED) is 0.249. The molecule has 0 spiro atoms. The van der Waals surface area contributed by atoms with Crippen LogP contribution in [0.3, 0.4) is 0 Å². The van der Waals surface area contributed by atoms with Gasteiger partial charge in [0.1, 0.15) is 5.75 Å². The van der Waals surface area contributed by atoms with Crippen LogP contribution in [-0.4, -0.2) is 54.9 Å². The molecule has 214 valence electrons. The fourth-order valence-corrected chi connectivity index (χ4v) is 2.55. The van der Waals surface area contributed by atoms with E-state index in [1.807, 2.05) is 0 Å². The van der Waals surface area contributed by atoms with Crippen molar-refractivity contribution in [3.63, 3.8) is 0 Å². The number of benzene rings is 1. The van der Waals surface area contributed by atoms with Gasteiger partial charge in [-0.2, -0.15) is 78.7 Å². The number of allylic oxidation sites excluding steroid dienone is 2. The van der Waals surface area contributed by atoms with Crippen molar-refractivity contribution in [2.24, 2.45) is 0 Å². The van der Waals surface area contributed by atoms with Crippen LogP contribution in [0.5, 0.6) is 5.75 Å². The first kappa shape index (κ1) is 32.5. The Kier molecular flexibility index (Phi) is 7.95. The van der Waals surface area contributed by atoms with Crippen molar-refractivity contribution in [1.82, 2.24) is 0 Å². The predicted octanol–water partition coefficient (Wildman–Crippen LogP) is 6.79. The summed E-state index contributed by atoms with van der Waals surface area (Å²) in [6, 6.07) is -0.0618. The molecule has 1 aromatic carbocycles. The van der Waals surface area contributed by atoms with Gasteiger partial charge in [0.05, 0.1) is 4.90 Å². The van der Waals surface area contributed by atoms with E-state index >= 15 is 0 Å². The molecule has 0 saturated heterocycles. The molecule has 1 aromatic rings. The van der Waals surface area contributed by atoms with Gasteiger partial charge >= 0.3 is 41.9 Å². The number of alkyl halides is 15. The Morgan fingerprint density at radius 2 is 1.00 bits per heavy atom. The van der Waals surface area contributed by atoms with Gasteiger partial charge in [0.2, 0.25) is 11.7 Å². The Morgan fingerprint density at radius 3 is 1.35 bits per heavy atom. The fraction of sp³-hybridized carbons (Fsp3) is 0.467. The third kappa shape index (κ3) is 5.25. The molecule has 0 unspecified atom stereocenters. The highest BCUT2D eigenvalue weighted by Crippen LogP contribution is 2.61. The zero-order valence-corrected chi connectivity index (χ0v) is 17.1. The molecule has 1 rings (SSSR count). The normalized spacial score (nSPS) is 15.9. The highest BCUT2D eigenvalue weighted by atomic mass is 32.2. The summed E-state index contributed by atoms with van der Waals surface area (Å²) in [7, 11) is -5.08. The highest BCUT2D eigenvalue weighted by molar-refractivity contribution is 7.85. The molecule has 0 bridgehead atoms.